The van der Waals surface area contributed by atoms with Crippen molar-refractivity contribution >= 4 is 23.0 Å². The molecule has 1 aliphatic carbocycles. The standard InChI is InChI=1S/C12H14ClN3/c13-10-3-1-4-11(12(10)15)16(8-2-7-14)9-5-6-9/h1,3-4,9H,2,5-6,8,15H2. The Morgan fingerprint density at radius 2 is 2.25 bits per heavy atom. The molecule has 0 aliphatic heterocycles. The van der Waals surface area contributed by atoms with Gasteiger partial charge in [-0.2, -0.15) is 5.26 Å². The lowest BCUT2D eigenvalue weighted by molar-refractivity contribution is 0.794. The van der Waals surface area contributed by atoms with E-state index in [2.05, 4.69) is 11.0 Å². The van der Waals surface area contributed by atoms with Crippen molar-refractivity contribution in [1.29, 1.82) is 5.26 Å². The summed E-state index contributed by atoms with van der Waals surface area (Å²) < 4.78 is 0. The van der Waals surface area contributed by atoms with Crippen LogP contribution in [0.25, 0.3) is 0 Å². The van der Waals surface area contributed by atoms with Crippen LogP contribution in [0.5, 0.6) is 0 Å². The van der Waals surface area contributed by atoms with Gasteiger partial charge < -0.3 is 10.6 Å². The van der Waals surface area contributed by atoms with Crippen LogP contribution in [-0.2, 0) is 0 Å². The van der Waals surface area contributed by atoms with Crippen LogP contribution in [0.1, 0.15) is 19.3 Å². The van der Waals surface area contributed by atoms with E-state index < -0.39 is 0 Å². The van der Waals surface area contributed by atoms with E-state index in [1.807, 2.05) is 12.1 Å². The number of nitrogens with two attached hydrogens (primary N) is 1. The first-order valence-electron chi connectivity index (χ1n) is 5.41. The van der Waals surface area contributed by atoms with Crippen molar-refractivity contribution in [2.75, 3.05) is 17.2 Å². The Morgan fingerprint density at radius 1 is 1.50 bits per heavy atom. The first kappa shape index (κ1) is 11.1. The molecule has 1 saturated carbocycles. The van der Waals surface area contributed by atoms with Gasteiger partial charge >= 0.3 is 0 Å². The largest absolute Gasteiger partial charge is 0.396 e. The van der Waals surface area contributed by atoms with Crippen LogP contribution in [-0.4, -0.2) is 12.6 Å². The minimum absolute atomic E-state index is 0.516. The molecule has 3 nitrogen and oxygen atoms in total. The summed E-state index contributed by atoms with van der Waals surface area (Å²) >= 11 is 6.00. The molecule has 16 heavy (non-hydrogen) atoms. The maximum Gasteiger partial charge on any atom is 0.0741 e. The Labute approximate surface area is 100 Å². The maximum atomic E-state index is 8.65. The van der Waals surface area contributed by atoms with E-state index in [1.54, 1.807) is 6.07 Å². The van der Waals surface area contributed by atoms with Gasteiger partial charge in [-0.15, -0.1) is 0 Å². The van der Waals surface area contributed by atoms with Gasteiger partial charge in [0, 0.05) is 12.6 Å². The van der Waals surface area contributed by atoms with Crippen LogP contribution in [0.4, 0.5) is 11.4 Å². The zero-order chi connectivity index (χ0) is 11.5. The second kappa shape index (κ2) is 4.63. The normalized spacial score (nSPS) is 14.5. The quantitative estimate of drug-likeness (QED) is 0.817. The van der Waals surface area contributed by atoms with E-state index in [1.165, 1.54) is 12.8 Å². The predicted octanol–water partition coefficient (Wildman–Crippen LogP) is 2.80. The fourth-order valence-corrected chi connectivity index (χ4v) is 2.00. The molecule has 0 amide bonds. The van der Waals surface area contributed by atoms with Crippen molar-refractivity contribution in [3.63, 3.8) is 0 Å². The average Bonchev–Trinajstić information content (AvgIpc) is 3.08. The first-order valence-corrected chi connectivity index (χ1v) is 5.79. The molecule has 84 valence electrons. The van der Waals surface area contributed by atoms with Crippen molar-refractivity contribution in [3.05, 3.63) is 23.2 Å². The maximum absolute atomic E-state index is 8.65. The molecular weight excluding hydrogens is 222 g/mol. The molecule has 1 aromatic rings. The zero-order valence-corrected chi connectivity index (χ0v) is 9.74. The van der Waals surface area contributed by atoms with Gasteiger partial charge in [0.25, 0.3) is 0 Å². The summed E-state index contributed by atoms with van der Waals surface area (Å²) in [4.78, 5) is 2.20. The third kappa shape index (κ3) is 2.23. The summed E-state index contributed by atoms with van der Waals surface area (Å²) in [5.74, 6) is 0. The molecule has 1 aromatic carbocycles. The number of hydrogen-bond donors (Lipinski definition) is 1. The van der Waals surface area contributed by atoms with Crippen molar-refractivity contribution < 1.29 is 0 Å². The molecule has 0 radical (unpaired) electrons. The van der Waals surface area contributed by atoms with Crippen LogP contribution in [0.15, 0.2) is 18.2 Å². The van der Waals surface area contributed by atoms with E-state index in [9.17, 15) is 0 Å². The SMILES string of the molecule is N#CCCN(c1cccc(Cl)c1N)C1CC1. The fraction of sp³-hybridized carbons (Fsp3) is 0.417. The summed E-state index contributed by atoms with van der Waals surface area (Å²) in [6.45, 7) is 0.728. The second-order valence-corrected chi connectivity index (χ2v) is 4.41. The molecule has 1 fully saturated rings. The molecule has 0 saturated heterocycles. The van der Waals surface area contributed by atoms with Crippen LogP contribution < -0.4 is 10.6 Å². The number of benzene rings is 1. The van der Waals surface area contributed by atoms with Crippen molar-refractivity contribution in [1.82, 2.24) is 0 Å². The number of hydrogen-bond acceptors (Lipinski definition) is 3. The Morgan fingerprint density at radius 3 is 2.88 bits per heavy atom. The smallest absolute Gasteiger partial charge is 0.0741 e. The van der Waals surface area contributed by atoms with Crippen LogP contribution in [0, 0.1) is 11.3 Å². The molecular formula is C12H14ClN3. The first-order chi connectivity index (χ1) is 7.74. The summed E-state index contributed by atoms with van der Waals surface area (Å²) in [6, 6.07) is 8.36. The molecule has 4 heteroatoms. The third-order valence-corrected chi connectivity index (χ3v) is 3.12. The fourth-order valence-electron chi connectivity index (χ4n) is 1.83. The van der Waals surface area contributed by atoms with E-state index in [0.29, 0.717) is 23.2 Å². The lowest BCUT2D eigenvalue weighted by atomic mass is 10.2. The van der Waals surface area contributed by atoms with Gasteiger partial charge in [0.2, 0.25) is 0 Å². The number of halogens is 1. The Kier molecular flexibility index (Phi) is 3.21. The lowest BCUT2D eigenvalue weighted by Gasteiger charge is -2.25. The number of rotatable bonds is 4. The van der Waals surface area contributed by atoms with Gasteiger partial charge in [-0.05, 0) is 25.0 Å². The second-order valence-electron chi connectivity index (χ2n) is 4.01. The van der Waals surface area contributed by atoms with Crippen LogP contribution >= 0.6 is 11.6 Å². The molecule has 2 N–H and O–H groups in total. The topological polar surface area (TPSA) is 53.0 Å². The van der Waals surface area contributed by atoms with Crippen LogP contribution in [0.3, 0.4) is 0 Å². The number of nitriles is 1. The lowest BCUT2D eigenvalue weighted by Crippen LogP contribution is -2.27. The Balaban J connectivity index is 2.24. The number of anilines is 2. The minimum Gasteiger partial charge on any atom is -0.396 e. The van der Waals surface area contributed by atoms with Crippen LogP contribution in [0.2, 0.25) is 5.02 Å². The van der Waals surface area contributed by atoms with Gasteiger partial charge in [-0.1, -0.05) is 17.7 Å². The Hall–Kier alpha value is -1.40. The Bertz CT molecular complexity index is 421. The zero-order valence-electron chi connectivity index (χ0n) is 8.99. The van der Waals surface area contributed by atoms with Gasteiger partial charge in [0.05, 0.1) is 28.9 Å². The van der Waals surface area contributed by atoms with Gasteiger partial charge in [0.15, 0.2) is 0 Å². The number of nitrogens with zero attached hydrogens (tertiary/aromatic N) is 2. The molecule has 0 unspecified atom stereocenters. The van der Waals surface area contributed by atoms with E-state index in [-0.39, 0.29) is 0 Å². The van der Waals surface area contributed by atoms with Crippen molar-refractivity contribution in [3.8, 4) is 6.07 Å². The predicted molar refractivity (Wildman–Crippen MR) is 66.5 cm³/mol. The van der Waals surface area contributed by atoms with Crippen molar-refractivity contribution in [2.45, 2.75) is 25.3 Å². The van der Waals surface area contributed by atoms with Gasteiger partial charge in [0.1, 0.15) is 0 Å². The monoisotopic (exact) mass is 235 g/mol. The average molecular weight is 236 g/mol. The molecule has 0 atom stereocenters. The summed E-state index contributed by atoms with van der Waals surface area (Å²) in [7, 11) is 0. The minimum atomic E-state index is 0.516. The van der Waals surface area contributed by atoms with E-state index >= 15 is 0 Å². The highest BCUT2D eigenvalue weighted by atomic mass is 35.5. The molecule has 2 rings (SSSR count). The van der Waals surface area contributed by atoms with E-state index in [4.69, 9.17) is 22.6 Å². The molecule has 0 bridgehead atoms. The van der Waals surface area contributed by atoms with Gasteiger partial charge in [-0.25, -0.2) is 0 Å². The third-order valence-electron chi connectivity index (χ3n) is 2.79. The molecule has 1 aliphatic rings. The highest BCUT2D eigenvalue weighted by Gasteiger charge is 2.30. The molecule has 0 spiro atoms. The summed E-state index contributed by atoms with van der Waals surface area (Å²) in [6.07, 6.45) is 2.87. The summed E-state index contributed by atoms with van der Waals surface area (Å²) in [5.41, 5.74) is 7.55. The highest BCUT2D eigenvalue weighted by molar-refractivity contribution is 6.33. The summed E-state index contributed by atoms with van der Waals surface area (Å²) in [5, 5.41) is 9.24. The highest BCUT2D eigenvalue weighted by Crippen LogP contribution is 2.37. The van der Waals surface area contributed by atoms with Crippen molar-refractivity contribution in [2.24, 2.45) is 0 Å². The number of para-hydroxylation sites is 1. The van der Waals surface area contributed by atoms with E-state index in [0.717, 1.165) is 12.2 Å². The number of nitrogen functional groups attached to an aromatic ring is 1. The molecule has 0 aromatic heterocycles. The van der Waals surface area contributed by atoms with Gasteiger partial charge in [-0.3, -0.25) is 0 Å². The molecule has 0 heterocycles.